The molecule has 0 radical (unpaired) electrons. The number of pyridine rings is 1. The Morgan fingerprint density at radius 3 is 2.93 bits per heavy atom. The van der Waals surface area contributed by atoms with E-state index in [2.05, 4.69) is 41.4 Å². The van der Waals surface area contributed by atoms with E-state index in [1.165, 1.54) is 28.0 Å². The van der Waals surface area contributed by atoms with Crippen LogP contribution in [-0.4, -0.2) is 30.3 Å². The van der Waals surface area contributed by atoms with Crippen molar-refractivity contribution in [3.63, 3.8) is 0 Å². The van der Waals surface area contributed by atoms with Crippen LogP contribution < -0.4 is 0 Å². The highest BCUT2D eigenvalue weighted by Crippen LogP contribution is 2.42. The summed E-state index contributed by atoms with van der Waals surface area (Å²) >= 11 is 5.32. The Balaban J connectivity index is 1.85. The predicted molar refractivity (Wildman–Crippen MR) is 116 cm³/mol. The number of rotatable bonds is 5. The third-order valence-electron chi connectivity index (χ3n) is 4.82. The second kappa shape index (κ2) is 6.61. The Hall–Kier alpha value is -1.90. The number of H-pyrrole nitrogens is 1. The Morgan fingerprint density at radius 1 is 1.26 bits per heavy atom. The molecule has 0 fully saturated rings. The summed E-state index contributed by atoms with van der Waals surface area (Å²) < 4.78 is 3.43. The molecule has 0 amide bonds. The summed E-state index contributed by atoms with van der Waals surface area (Å²) in [5.41, 5.74) is 5.26. The molecule has 5 aromatic heterocycles. The first-order valence-electron chi connectivity index (χ1n) is 9.01. The average molecular weight is 414 g/mol. The zero-order chi connectivity index (χ0) is 18.5. The lowest BCUT2D eigenvalue weighted by atomic mass is 10.2. The molecule has 5 nitrogen and oxygen atoms in total. The smallest absolute Gasteiger partial charge is 0.160 e. The normalized spacial score (nSPS) is 12.1. The average Bonchev–Trinajstić information content (AvgIpc) is 3.37. The number of thiophene rings is 1. The summed E-state index contributed by atoms with van der Waals surface area (Å²) in [5, 5.41) is 8.90. The number of unbranched alkanes of at least 4 members (excludes halogenated alkanes) is 1. The number of aryl methyl sites for hydroxylation is 2. The summed E-state index contributed by atoms with van der Waals surface area (Å²) in [7, 11) is 0. The minimum absolute atomic E-state index is 0.928. The van der Waals surface area contributed by atoms with Gasteiger partial charge in [-0.15, -0.1) is 34.4 Å². The molecule has 0 bridgehead atoms. The molecule has 1 N–H and O–H groups in total. The maximum absolute atomic E-state index is 4.95. The van der Waals surface area contributed by atoms with Gasteiger partial charge in [-0.3, -0.25) is 5.10 Å². The number of nitrogens with zero attached hydrogens (tertiary/aromatic N) is 4. The first kappa shape index (κ1) is 17.2. The summed E-state index contributed by atoms with van der Waals surface area (Å²) in [6, 6.07) is 2.15. The van der Waals surface area contributed by atoms with Crippen LogP contribution in [0.4, 0.5) is 0 Å². The minimum atomic E-state index is 0.928. The number of aromatic amines is 1. The fourth-order valence-electron chi connectivity index (χ4n) is 3.27. The molecular formula is C19H19N5S3. The number of fused-ring (bicyclic) bond motifs is 2. The lowest BCUT2D eigenvalue weighted by molar-refractivity contribution is 0.896. The molecular weight excluding hydrogens is 394 g/mol. The van der Waals surface area contributed by atoms with Gasteiger partial charge in [-0.1, -0.05) is 13.3 Å². The monoisotopic (exact) mass is 413 g/mol. The van der Waals surface area contributed by atoms with Gasteiger partial charge in [-0.05, 0) is 32.1 Å². The van der Waals surface area contributed by atoms with Crippen molar-refractivity contribution in [1.82, 2.24) is 24.6 Å². The van der Waals surface area contributed by atoms with Crippen LogP contribution in [0.25, 0.3) is 37.5 Å². The van der Waals surface area contributed by atoms with Crippen LogP contribution in [0.5, 0.6) is 0 Å². The van der Waals surface area contributed by atoms with E-state index in [9.17, 15) is 0 Å². The van der Waals surface area contributed by atoms with Crippen LogP contribution >= 0.6 is 34.4 Å². The highest BCUT2D eigenvalue weighted by Gasteiger charge is 2.20. The lowest BCUT2D eigenvalue weighted by Crippen LogP contribution is -1.97. The molecule has 5 aromatic rings. The Bertz CT molecular complexity index is 1260. The van der Waals surface area contributed by atoms with Gasteiger partial charge in [-0.2, -0.15) is 0 Å². The highest BCUT2D eigenvalue weighted by molar-refractivity contribution is 8.01. The van der Waals surface area contributed by atoms with Gasteiger partial charge in [0.2, 0.25) is 0 Å². The van der Waals surface area contributed by atoms with Crippen molar-refractivity contribution in [1.29, 1.82) is 0 Å². The number of thioether (sulfide) groups is 1. The van der Waals surface area contributed by atoms with Gasteiger partial charge in [0.1, 0.15) is 15.5 Å². The Labute approximate surface area is 168 Å². The SMILES string of the molecule is CCCCSc1sc2nc(-c3nccs3)cc3c2c1[nH]n1c(C)c(C)nc31. The van der Waals surface area contributed by atoms with Gasteiger partial charge in [0.05, 0.1) is 21.1 Å². The summed E-state index contributed by atoms with van der Waals surface area (Å²) in [6.45, 7) is 6.41. The fourth-order valence-corrected chi connectivity index (χ4v) is 6.38. The number of thiazole rings is 1. The number of aromatic nitrogens is 5. The van der Waals surface area contributed by atoms with Crippen molar-refractivity contribution in [2.45, 2.75) is 37.8 Å². The van der Waals surface area contributed by atoms with Crippen LogP contribution in [0.2, 0.25) is 0 Å². The minimum Gasteiger partial charge on any atom is -0.290 e. The first-order chi connectivity index (χ1) is 13.2. The number of nitrogens with one attached hydrogen (secondary N) is 1. The molecule has 0 aliphatic rings. The van der Waals surface area contributed by atoms with Gasteiger partial charge < -0.3 is 0 Å². The van der Waals surface area contributed by atoms with E-state index in [4.69, 9.17) is 9.97 Å². The molecule has 0 aliphatic heterocycles. The van der Waals surface area contributed by atoms with Crippen molar-refractivity contribution in [2.24, 2.45) is 0 Å². The summed E-state index contributed by atoms with van der Waals surface area (Å²) in [6.07, 6.45) is 4.26. The van der Waals surface area contributed by atoms with Crippen LogP contribution in [0.1, 0.15) is 31.2 Å². The second-order valence-electron chi connectivity index (χ2n) is 6.59. The molecule has 0 aromatic carbocycles. The van der Waals surface area contributed by atoms with E-state index in [1.54, 1.807) is 22.7 Å². The Morgan fingerprint density at radius 2 is 2.15 bits per heavy atom. The molecule has 5 rings (SSSR count). The zero-order valence-corrected chi connectivity index (χ0v) is 17.8. The first-order valence-corrected chi connectivity index (χ1v) is 11.7. The molecule has 138 valence electrons. The number of imidazole rings is 1. The maximum Gasteiger partial charge on any atom is 0.160 e. The molecule has 0 saturated carbocycles. The van der Waals surface area contributed by atoms with Crippen molar-refractivity contribution in [3.05, 3.63) is 29.0 Å². The number of hydrogen-bond acceptors (Lipinski definition) is 6. The molecule has 5 heterocycles. The van der Waals surface area contributed by atoms with Crippen LogP contribution in [-0.2, 0) is 0 Å². The van der Waals surface area contributed by atoms with E-state index in [-0.39, 0.29) is 0 Å². The fraction of sp³-hybridized carbons (Fsp3) is 0.316. The van der Waals surface area contributed by atoms with Crippen LogP contribution in [0.15, 0.2) is 21.9 Å². The number of hydrogen-bond donors (Lipinski definition) is 1. The standard InChI is InChI=1S/C19H19N5S3/c1-4-5-7-26-19-15-14-12(16-21-10(2)11(3)24(16)23-15)9-13(22-18(14)27-19)17-20-6-8-25-17/h6,8-9,23H,4-5,7H2,1-3H3. The molecule has 8 heteroatoms. The van der Waals surface area contributed by atoms with Gasteiger partial charge in [-0.25, -0.2) is 19.5 Å². The molecule has 0 unspecified atom stereocenters. The van der Waals surface area contributed by atoms with E-state index >= 15 is 0 Å². The highest BCUT2D eigenvalue weighted by atomic mass is 32.2. The van der Waals surface area contributed by atoms with Crippen molar-refractivity contribution in [3.8, 4) is 10.7 Å². The topological polar surface area (TPSA) is 58.9 Å². The largest absolute Gasteiger partial charge is 0.290 e. The Kier molecular flexibility index (Phi) is 4.22. The van der Waals surface area contributed by atoms with Crippen molar-refractivity contribution < 1.29 is 0 Å². The van der Waals surface area contributed by atoms with Crippen molar-refractivity contribution >= 4 is 61.2 Å². The summed E-state index contributed by atoms with van der Waals surface area (Å²) in [4.78, 5) is 15.3. The van der Waals surface area contributed by atoms with Crippen LogP contribution in [0, 0.1) is 13.8 Å². The van der Waals surface area contributed by atoms with E-state index < -0.39 is 0 Å². The van der Waals surface area contributed by atoms with E-state index in [0.29, 0.717) is 0 Å². The van der Waals surface area contributed by atoms with Gasteiger partial charge >= 0.3 is 0 Å². The quantitative estimate of drug-likeness (QED) is 0.281. The van der Waals surface area contributed by atoms with Gasteiger partial charge in [0, 0.05) is 22.3 Å². The summed E-state index contributed by atoms with van der Waals surface area (Å²) in [5.74, 6) is 1.13. The second-order valence-corrected chi connectivity index (χ2v) is 9.85. The molecule has 0 aliphatic carbocycles. The van der Waals surface area contributed by atoms with Crippen molar-refractivity contribution in [2.75, 3.05) is 5.75 Å². The third kappa shape index (κ3) is 2.69. The maximum atomic E-state index is 4.95. The van der Waals surface area contributed by atoms with E-state index in [0.717, 1.165) is 43.7 Å². The molecule has 27 heavy (non-hydrogen) atoms. The zero-order valence-electron chi connectivity index (χ0n) is 15.4. The van der Waals surface area contributed by atoms with E-state index in [1.807, 2.05) is 23.3 Å². The molecule has 0 saturated heterocycles. The van der Waals surface area contributed by atoms with Gasteiger partial charge in [0.15, 0.2) is 5.65 Å². The van der Waals surface area contributed by atoms with Gasteiger partial charge in [0.25, 0.3) is 0 Å². The lowest BCUT2D eigenvalue weighted by Gasteiger charge is -2.06. The third-order valence-corrected chi connectivity index (χ3v) is 8.06. The molecule has 0 spiro atoms. The molecule has 0 atom stereocenters. The van der Waals surface area contributed by atoms with Crippen LogP contribution in [0.3, 0.4) is 0 Å². The predicted octanol–water partition coefficient (Wildman–Crippen LogP) is 6.06.